The van der Waals surface area contributed by atoms with Gasteiger partial charge >= 0.3 is 0 Å². The first-order valence-electron chi connectivity index (χ1n) is 21.2. The summed E-state index contributed by atoms with van der Waals surface area (Å²) < 4.78 is 57.2. The van der Waals surface area contributed by atoms with Gasteiger partial charge in [-0.2, -0.15) is 0 Å². The highest BCUT2D eigenvalue weighted by Gasteiger charge is 2.59. The summed E-state index contributed by atoms with van der Waals surface area (Å²) in [5.41, 5.74) is 2.24. The van der Waals surface area contributed by atoms with E-state index in [1.54, 1.807) is 7.11 Å². The Kier molecular flexibility index (Phi) is 16.0. The SMILES string of the molecule is CO[C@@H](CCC(=O)C#C[C@H](C)[C@@H](C[C@H](CCOCc1ccccc1)OCc1ccccc1)O[Si](C)(C)C(C)(C)C)[C@@H]1OC(C)(C)O[C@H]1[C@H]1O[C@@H]2OC(C)(C)O[C@@H]2[C@@H]1C. The molecule has 3 aliphatic rings. The summed E-state index contributed by atoms with van der Waals surface area (Å²) in [7, 11) is -0.589. The lowest BCUT2D eigenvalue weighted by Crippen LogP contribution is -2.46. The van der Waals surface area contributed by atoms with Crippen LogP contribution in [0.2, 0.25) is 18.1 Å². The fraction of sp³-hybridized carbons (Fsp3) is 0.681. The van der Waals surface area contributed by atoms with Crippen molar-refractivity contribution in [2.75, 3.05) is 13.7 Å². The first-order chi connectivity index (χ1) is 27.3. The van der Waals surface area contributed by atoms with Crippen LogP contribution in [0.3, 0.4) is 0 Å². The van der Waals surface area contributed by atoms with Gasteiger partial charge in [-0.15, -0.1) is 0 Å². The number of ketones is 1. The van der Waals surface area contributed by atoms with Crippen molar-refractivity contribution >= 4 is 14.1 Å². The molecule has 322 valence electrons. The smallest absolute Gasteiger partial charge is 0.205 e. The third-order valence-corrected chi connectivity index (χ3v) is 16.5. The van der Waals surface area contributed by atoms with Gasteiger partial charge in [-0.3, -0.25) is 4.79 Å². The third-order valence-electron chi connectivity index (χ3n) is 12.0. The van der Waals surface area contributed by atoms with Gasteiger partial charge in [0.1, 0.15) is 18.3 Å². The monoisotopic (exact) mass is 822 g/mol. The van der Waals surface area contributed by atoms with Gasteiger partial charge in [0.2, 0.25) is 5.78 Å². The Morgan fingerprint density at radius 1 is 0.845 bits per heavy atom. The summed E-state index contributed by atoms with van der Waals surface area (Å²) in [5.74, 6) is 4.32. The van der Waals surface area contributed by atoms with Crippen molar-refractivity contribution in [3.8, 4) is 11.8 Å². The molecule has 0 unspecified atom stereocenters. The maximum absolute atomic E-state index is 13.5. The van der Waals surface area contributed by atoms with Gasteiger partial charge in [-0.1, -0.05) is 94.3 Å². The van der Waals surface area contributed by atoms with Crippen molar-refractivity contribution in [2.24, 2.45) is 11.8 Å². The second-order valence-electron chi connectivity index (χ2n) is 18.7. The minimum Gasteiger partial charge on any atom is -0.413 e. The fourth-order valence-electron chi connectivity index (χ4n) is 7.66. The molecule has 3 saturated heterocycles. The maximum atomic E-state index is 13.5. The minimum atomic E-state index is -2.23. The van der Waals surface area contributed by atoms with E-state index < -0.39 is 44.5 Å². The van der Waals surface area contributed by atoms with Gasteiger partial charge in [0.05, 0.1) is 37.6 Å². The van der Waals surface area contributed by atoms with E-state index in [2.05, 4.69) is 83.8 Å². The second kappa shape index (κ2) is 19.9. The van der Waals surface area contributed by atoms with Crippen molar-refractivity contribution < 1.29 is 47.1 Å². The molecule has 10 nitrogen and oxygen atoms in total. The molecule has 3 heterocycles. The predicted molar refractivity (Wildman–Crippen MR) is 226 cm³/mol. The van der Waals surface area contributed by atoms with Gasteiger partial charge < -0.3 is 42.3 Å². The Bertz CT molecular complexity index is 1650. The summed E-state index contributed by atoms with van der Waals surface area (Å²) >= 11 is 0. The molecule has 3 fully saturated rings. The van der Waals surface area contributed by atoms with Crippen molar-refractivity contribution in [1.82, 2.24) is 0 Å². The zero-order chi connectivity index (χ0) is 42.3. The first kappa shape index (κ1) is 46.6. The number of hydrogen-bond donors (Lipinski definition) is 0. The lowest BCUT2D eigenvalue weighted by Gasteiger charge is -2.41. The highest BCUT2D eigenvalue weighted by Crippen LogP contribution is 2.46. The van der Waals surface area contributed by atoms with E-state index in [1.165, 1.54) is 0 Å². The molecule has 2 aromatic rings. The molecule has 0 spiro atoms. The predicted octanol–water partition coefficient (Wildman–Crippen LogP) is 9.00. The van der Waals surface area contributed by atoms with Crippen LogP contribution in [0.1, 0.15) is 99.1 Å². The number of hydrogen-bond acceptors (Lipinski definition) is 10. The standard InChI is InChI=1S/C47H70O10Si/c1-32(23-24-36(48)25-26-38(49-10)42-43(55-46(6,7)54-42)40-33(2)41-44(52-40)56-47(8,9)53-41)39(57-58(11,12)45(3,4)5)29-37(51-31-35-21-17-14-18-22-35)27-28-50-30-34-19-15-13-16-20-34/h13-22,32-33,37-44H,25-31H2,1-12H3/t32-,33+,37-,38-,39+,40-,41+,42-,43-,44+/m0/s1. The second-order valence-corrected chi connectivity index (χ2v) is 23.4. The van der Waals surface area contributed by atoms with Crippen LogP contribution in [0.25, 0.3) is 0 Å². The average molecular weight is 823 g/mol. The van der Waals surface area contributed by atoms with Crippen molar-refractivity contribution in [2.45, 2.75) is 180 Å². The van der Waals surface area contributed by atoms with Crippen molar-refractivity contribution in [1.29, 1.82) is 0 Å². The Morgan fingerprint density at radius 3 is 2.05 bits per heavy atom. The van der Waals surface area contributed by atoms with Crippen LogP contribution in [-0.2, 0) is 60.3 Å². The van der Waals surface area contributed by atoms with E-state index in [9.17, 15) is 4.79 Å². The normalized spacial score (nSPS) is 27.3. The van der Waals surface area contributed by atoms with Gasteiger partial charge in [-0.25, -0.2) is 0 Å². The fourth-order valence-corrected chi connectivity index (χ4v) is 9.07. The summed E-state index contributed by atoms with van der Waals surface area (Å²) in [6.07, 6.45) is -0.816. The Labute approximate surface area is 349 Å². The Balaban J connectivity index is 1.25. The number of benzene rings is 2. The highest BCUT2D eigenvalue weighted by molar-refractivity contribution is 6.74. The van der Waals surface area contributed by atoms with E-state index in [-0.39, 0.29) is 53.5 Å². The molecule has 0 bridgehead atoms. The van der Waals surface area contributed by atoms with Crippen LogP contribution in [0, 0.1) is 23.7 Å². The molecule has 11 heteroatoms. The average Bonchev–Trinajstić information content (AvgIpc) is 3.76. The molecular weight excluding hydrogens is 753 g/mol. The highest BCUT2D eigenvalue weighted by atomic mass is 28.4. The van der Waals surface area contributed by atoms with E-state index in [1.807, 2.05) is 64.1 Å². The third kappa shape index (κ3) is 12.8. The molecule has 0 radical (unpaired) electrons. The van der Waals surface area contributed by atoms with Crippen LogP contribution < -0.4 is 0 Å². The molecule has 0 N–H and O–H groups in total. The quantitative estimate of drug-likeness (QED) is 0.0591. The Hall–Kier alpha value is -2.47. The summed E-state index contributed by atoms with van der Waals surface area (Å²) in [6.45, 7) is 24.5. The van der Waals surface area contributed by atoms with Crippen LogP contribution in [-0.4, -0.2) is 88.4 Å². The zero-order valence-electron chi connectivity index (χ0n) is 37.1. The summed E-state index contributed by atoms with van der Waals surface area (Å²) in [5, 5.41) is -0.0161. The topological polar surface area (TPSA) is 100 Å². The molecular formula is C47H70O10Si. The number of carbonyl (C=O) groups excluding carboxylic acids is 1. The number of methoxy groups -OCH3 is 1. The van der Waals surface area contributed by atoms with Gasteiger partial charge in [0.25, 0.3) is 0 Å². The van der Waals surface area contributed by atoms with Gasteiger partial charge in [0, 0.05) is 32.0 Å². The van der Waals surface area contributed by atoms with Crippen molar-refractivity contribution in [3.63, 3.8) is 0 Å². The lowest BCUT2D eigenvalue weighted by molar-refractivity contribution is -0.226. The molecule has 3 aliphatic heterocycles. The Morgan fingerprint density at radius 2 is 1.45 bits per heavy atom. The van der Waals surface area contributed by atoms with Gasteiger partial charge in [0.15, 0.2) is 26.2 Å². The van der Waals surface area contributed by atoms with Crippen LogP contribution >= 0.6 is 0 Å². The number of ether oxygens (including phenoxy) is 8. The molecule has 2 aromatic carbocycles. The summed E-state index contributed by atoms with van der Waals surface area (Å²) in [6, 6.07) is 20.4. The summed E-state index contributed by atoms with van der Waals surface area (Å²) in [4.78, 5) is 13.5. The maximum Gasteiger partial charge on any atom is 0.205 e. The number of fused-ring (bicyclic) bond motifs is 1. The first-order valence-corrected chi connectivity index (χ1v) is 24.1. The van der Waals surface area contributed by atoms with E-state index >= 15 is 0 Å². The largest absolute Gasteiger partial charge is 0.413 e. The molecule has 0 saturated carbocycles. The van der Waals surface area contributed by atoms with Crippen LogP contribution in [0.5, 0.6) is 0 Å². The number of carbonyl (C=O) groups is 1. The van der Waals surface area contributed by atoms with E-state index in [0.717, 1.165) is 11.1 Å². The molecule has 0 aromatic heterocycles. The van der Waals surface area contributed by atoms with E-state index in [0.29, 0.717) is 39.1 Å². The van der Waals surface area contributed by atoms with Gasteiger partial charge in [-0.05, 0) is 89.1 Å². The number of Topliss-reactive ketones (excluding diaryl/α,β-unsaturated/α-hetero) is 1. The minimum absolute atomic E-state index is 0.00472. The number of rotatable bonds is 19. The molecule has 5 rings (SSSR count). The van der Waals surface area contributed by atoms with Crippen LogP contribution in [0.15, 0.2) is 60.7 Å². The molecule has 10 atom stereocenters. The van der Waals surface area contributed by atoms with Crippen molar-refractivity contribution in [3.05, 3.63) is 71.8 Å². The zero-order valence-corrected chi connectivity index (χ0v) is 38.1. The molecule has 0 amide bonds. The van der Waals surface area contributed by atoms with Crippen LogP contribution in [0.4, 0.5) is 0 Å². The van der Waals surface area contributed by atoms with E-state index in [4.69, 9.17) is 42.3 Å². The molecule has 58 heavy (non-hydrogen) atoms. The molecule has 0 aliphatic carbocycles. The lowest BCUT2D eigenvalue weighted by atomic mass is 9.91.